The summed E-state index contributed by atoms with van der Waals surface area (Å²) in [6.07, 6.45) is 5.02. The van der Waals surface area contributed by atoms with Gasteiger partial charge in [0.25, 0.3) is 0 Å². The Kier molecular flexibility index (Phi) is 4.79. The number of fused-ring (bicyclic) bond motifs is 1. The second kappa shape index (κ2) is 7.05. The predicted octanol–water partition coefficient (Wildman–Crippen LogP) is 4.41. The lowest BCUT2D eigenvalue weighted by atomic mass is 9.89. The minimum Gasteiger partial charge on any atom is -0.310 e. The maximum atomic E-state index is 5.15. The van der Waals surface area contributed by atoms with Crippen LogP contribution in [0.4, 0.5) is 0 Å². The Balaban J connectivity index is 1.63. The van der Waals surface area contributed by atoms with Crippen LogP contribution in [0.15, 0.2) is 24.3 Å². The SMILES string of the molecule is Cc1cc2ccc(C3CCC(C)CN3)cc2nc1C1CCN(C)CC1. The number of hydrogen-bond donors (Lipinski definition) is 1. The Hall–Kier alpha value is -1.45. The summed E-state index contributed by atoms with van der Waals surface area (Å²) in [5.74, 6) is 1.42. The molecule has 0 saturated carbocycles. The molecule has 2 aromatic rings. The first-order chi connectivity index (χ1) is 12.1. The molecule has 0 bridgehead atoms. The molecule has 25 heavy (non-hydrogen) atoms. The van der Waals surface area contributed by atoms with Gasteiger partial charge in [-0.1, -0.05) is 19.1 Å². The summed E-state index contributed by atoms with van der Waals surface area (Å²) in [5, 5.41) is 4.99. The minimum absolute atomic E-state index is 0.496. The van der Waals surface area contributed by atoms with Crippen LogP contribution in [0.3, 0.4) is 0 Å². The van der Waals surface area contributed by atoms with E-state index in [1.807, 2.05) is 0 Å². The van der Waals surface area contributed by atoms with E-state index in [0.29, 0.717) is 12.0 Å². The van der Waals surface area contributed by atoms with Crippen LogP contribution < -0.4 is 5.32 Å². The number of nitrogens with zero attached hydrogens (tertiary/aromatic N) is 2. The van der Waals surface area contributed by atoms with E-state index in [2.05, 4.69) is 55.4 Å². The lowest BCUT2D eigenvalue weighted by molar-refractivity contribution is 0.253. The molecule has 2 saturated heterocycles. The number of likely N-dealkylation sites (tertiary alicyclic amines) is 1. The van der Waals surface area contributed by atoms with E-state index in [9.17, 15) is 0 Å². The molecule has 1 N–H and O–H groups in total. The highest BCUT2D eigenvalue weighted by molar-refractivity contribution is 5.80. The first kappa shape index (κ1) is 17.0. The Labute approximate surface area is 151 Å². The molecule has 2 unspecified atom stereocenters. The molecule has 3 heterocycles. The van der Waals surface area contributed by atoms with Crippen LogP contribution in [0, 0.1) is 12.8 Å². The fourth-order valence-corrected chi connectivity index (χ4v) is 4.50. The number of pyridine rings is 1. The quantitative estimate of drug-likeness (QED) is 0.879. The summed E-state index contributed by atoms with van der Waals surface area (Å²) in [7, 11) is 2.22. The van der Waals surface area contributed by atoms with Crippen LogP contribution >= 0.6 is 0 Å². The maximum Gasteiger partial charge on any atom is 0.0708 e. The predicted molar refractivity (Wildman–Crippen MR) is 105 cm³/mol. The first-order valence-electron chi connectivity index (χ1n) is 9.93. The van der Waals surface area contributed by atoms with Gasteiger partial charge in [0, 0.05) is 23.0 Å². The van der Waals surface area contributed by atoms with Gasteiger partial charge in [0.05, 0.1) is 5.52 Å². The van der Waals surface area contributed by atoms with Gasteiger partial charge in [-0.3, -0.25) is 4.98 Å². The molecule has 1 aromatic heterocycles. The highest BCUT2D eigenvalue weighted by Crippen LogP contribution is 2.32. The van der Waals surface area contributed by atoms with Crippen molar-refractivity contribution in [2.75, 3.05) is 26.7 Å². The number of piperidine rings is 2. The largest absolute Gasteiger partial charge is 0.310 e. The van der Waals surface area contributed by atoms with Crippen molar-refractivity contribution in [3.63, 3.8) is 0 Å². The molecule has 4 rings (SSSR count). The van der Waals surface area contributed by atoms with E-state index in [-0.39, 0.29) is 0 Å². The molecule has 3 nitrogen and oxygen atoms in total. The minimum atomic E-state index is 0.496. The molecule has 0 amide bonds. The van der Waals surface area contributed by atoms with Crippen molar-refractivity contribution in [3.05, 3.63) is 41.1 Å². The average Bonchev–Trinajstić information content (AvgIpc) is 2.62. The molecule has 2 aliphatic rings. The highest BCUT2D eigenvalue weighted by Gasteiger charge is 2.22. The molecule has 0 spiro atoms. The van der Waals surface area contributed by atoms with Crippen LogP contribution in [0.5, 0.6) is 0 Å². The van der Waals surface area contributed by atoms with Gasteiger partial charge in [-0.15, -0.1) is 0 Å². The third-order valence-electron chi connectivity index (χ3n) is 6.24. The van der Waals surface area contributed by atoms with Crippen LogP contribution in [0.1, 0.15) is 61.4 Å². The van der Waals surface area contributed by atoms with Crippen molar-refractivity contribution >= 4 is 10.9 Å². The van der Waals surface area contributed by atoms with Gasteiger partial charge in [-0.05, 0) is 88.5 Å². The number of aromatic nitrogens is 1. The van der Waals surface area contributed by atoms with Gasteiger partial charge in [0.1, 0.15) is 0 Å². The van der Waals surface area contributed by atoms with Crippen LogP contribution in [0.2, 0.25) is 0 Å². The van der Waals surface area contributed by atoms with E-state index in [1.165, 1.54) is 66.5 Å². The van der Waals surface area contributed by atoms with Crippen molar-refractivity contribution < 1.29 is 0 Å². The average molecular weight is 338 g/mol. The molecule has 2 fully saturated rings. The van der Waals surface area contributed by atoms with Crippen molar-refractivity contribution in [3.8, 4) is 0 Å². The zero-order valence-corrected chi connectivity index (χ0v) is 15.9. The van der Waals surface area contributed by atoms with Crippen molar-refractivity contribution in [2.24, 2.45) is 5.92 Å². The zero-order valence-electron chi connectivity index (χ0n) is 15.9. The summed E-state index contributed by atoms with van der Waals surface area (Å²) in [6.45, 7) is 8.08. The molecule has 134 valence electrons. The molecule has 2 atom stereocenters. The molecule has 2 aliphatic heterocycles. The Morgan fingerprint density at radius 1 is 1.08 bits per heavy atom. The summed E-state index contributed by atoms with van der Waals surface area (Å²) < 4.78 is 0. The third kappa shape index (κ3) is 3.58. The fraction of sp³-hybridized carbons (Fsp3) is 0.591. The molecule has 3 heteroatoms. The normalized spacial score (nSPS) is 26.2. The second-order valence-electron chi connectivity index (χ2n) is 8.36. The first-order valence-corrected chi connectivity index (χ1v) is 9.93. The molecular formula is C22H31N3. The fourth-order valence-electron chi connectivity index (χ4n) is 4.50. The lowest BCUT2D eigenvalue weighted by Crippen LogP contribution is -2.31. The molecule has 1 aromatic carbocycles. The van der Waals surface area contributed by atoms with Crippen LogP contribution in [-0.2, 0) is 0 Å². The number of hydrogen-bond acceptors (Lipinski definition) is 3. The van der Waals surface area contributed by atoms with Gasteiger partial charge in [-0.2, -0.15) is 0 Å². The van der Waals surface area contributed by atoms with E-state index in [4.69, 9.17) is 4.98 Å². The van der Waals surface area contributed by atoms with E-state index in [1.54, 1.807) is 0 Å². The van der Waals surface area contributed by atoms with E-state index in [0.717, 1.165) is 12.5 Å². The van der Waals surface area contributed by atoms with Crippen molar-refractivity contribution in [2.45, 2.75) is 51.5 Å². The Morgan fingerprint density at radius 2 is 1.88 bits per heavy atom. The number of rotatable bonds is 2. The highest BCUT2D eigenvalue weighted by atomic mass is 15.1. The van der Waals surface area contributed by atoms with E-state index >= 15 is 0 Å². The second-order valence-corrected chi connectivity index (χ2v) is 8.36. The molecule has 0 aliphatic carbocycles. The summed E-state index contributed by atoms with van der Waals surface area (Å²) in [4.78, 5) is 7.58. The number of aryl methyl sites for hydroxylation is 1. The standard InChI is InChI=1S/C22H31N3/c1-15-4-7-20(23-14-15)19-6-5-18-12-16(2)22(24-21(18)13-19)17-8-10-25(3)11-9-17/h5-6,12-13,15,17,20,23H,4,7-11,14H2,1-3H3. The molecular weight excluding hydrogens is 306 g/mol. The number of benzene rings is 1. The van der Waals surface area contributed by atoms with Crippen molar-refractivity contribution in [1.29, 1.82) is 0 Å². The smallest absolute Gasteiger partial charge is 0.0708 e. The Bertz CT molecular complexity index is 738. The monoisotopic (exact) mass is 337 g/mol. The summed E-state index contributed by atoms with van der Waals surface area (Å²) in [5.41, 5.74) is 5.28. The van der Waals surface area contributed by atoms with Gasteiger partial charge in [0.2, 0.25) is 0 Å². The van der Waals surface area contributed by atoms with Gasteiger partial charge < -0.3 is 10.2 Å². The zero-order chi connectivity index (χ0) is 17.4. The van der Waals surface area contributed by atoms with Crippen molar-refractivity contribution in [1.82, 2.24) is 15.2 Å². The maximum absolute atomic E-state index is 5.15. The van der Waals surface area contributed by atoms with Gasteiger partial charge >= 0.3 is 0 Å². The Morgan fingerprint density at radius 3 is 2.60 bits per heavy atom. The third-order valence-corrected chi connectivity index (χ3v) is 6.24. The van der Waals surface area contributed by atoms with Crippen LogP contribution in [-0.4, -0.2) is 36.6 Å². The number of nitrogens with one attached hydrogen (secondary N) is 1. The summed E-state index contributed by atoms with van der Waals surface area (Å²) >= 11 is 0. The van der Waals surface area contributed by atoms with Crippen LogP contribution in [0.25, 0.3) is 10.9 Å². The van der Waals surface area contributed by atoms with Gasteiger partial charge in [0.15, 0.2) is 0 Å². The molecule has 0 radical (unpaired) electrons. The van der Waals surface area contributed by atoms with Gasteiger partial charge in [-0.25, -0.2) is 0 Å². The lowest BCUT2D eigenvalue weighted by Gasteiger charge is -2.30. The van der Waals surface area contributed by atoms with E-state index < -0.39 is 0 Å². The topological polar surface area (TPSA) is 28.2 Å². The summed E-state index contributed by atoms with van der Waals surface area (Å²) in [6, 6.07) is 9.74.